The number of hydrogen-bond acceptors (Lipinski definition) is 3. The molecule has 7 nitrogen and oxygen atoms in total. The monoisotopic (exact) mass is 272 g/mol. The number of carbonyl (C=O) groups excluding carboxylic acids is 1. The zero-order valence-electron chi connectivity index (χ0n) is 11.1. The highest BCUT2D eigenvalue weighted by Gasteiger charge is 2.19. The predicted octanol–water partition coefficient (Wildman–Crippen LogP) is 0.960. The molecule has 0 heterocycles. The third kappa shape index (κ3) is 9.63. The summed E-state index contributed by atoms with van der Waals surface area (Å²) in [6.07, 6.45) is 1.95. The van der Waals surface area contributed by atoms with Gasteiger partial charge < -0.3 is 20.8 Å². The number of hydrogen-bond donors (Lipinski definition) is 4. The predicted molar refractivity (Wildman–Crippen MR) is 68.9 cm³/mol. The van der Waals surface area contributed by atoms with Crippen molar-refractivity contribution in [3.05, 3.63) is 11.6 Å². The number of carboxylic acid groups (broad SMARTS) is 2. The number of allylic oxidation sites excluding steroid dienone is 1. The van der Waals surface area contributed by atoms with Gasteiger partial charge in [0.15, 0.2) is 0 Å². The van der Waals surface area contributed by atoms with E-state index in [9.17, 15) is 14.4 Å². The summed E-state index contributed by atoms with van der Waals surface area (Å²) in [6.45, 7) is 4.08. The minimum atomic E-state index is -1.18. The van der Waals surface area contributed by atoms with Crippen molar-refractivity contribution in [2.24, 2.45) is 0 Å². The van der Waals surface area contributed by atoms with E-state index in [1.54, 1.807) is 6.08 Å². The van der Waals surface area contributed by atoms with Crippen LogP contribution in [0.25, 0.3) is 0 Å². The Labute approximate surface area is 111 Å². The van der Waals surface area contributed by atoms with Crippen LogP contribution in [-0.2, 0) is 9.59 Å². The van der Waals surface area contributed by atoms with Crippen molar-refractivity contribution in [1.82, 2.24) is 10.6 Å². The number of carboxylic acids is 2. The summed E-state index contributed by atoms with van der Waals surface area (Å²) in [6, 6.07) is -1.66. The van der Waals surface area contributed by atoms with Crippen molar-refractivity contribution in [3.8, 4) is 0 Å². The Hall–Kier alpha value is -2.05. The van der Waals surface area contributed by atoms with Gasteiger partial charge in [-0.2, -0.15) is 0 Å². The van der Waals surface area contributed by atoms with E-state index < -0.39 is 24.0 Å². The second-order valence-electron chi connectivity index (χ2n) is 4.31. The van der Waals surface area contributed by atoms with Crippen LogP contribution in [0.1, 0.15) is 33.1 Å². The Morgan fingerprint density at radius 1 is 1.21 bits per heavy atom. The molecule has 0 bridgehead atoms. The smallest absolute Gasteiger partial charge is 0.326 e. The quantitative estimate of drug-likeness (QED) is 0.491. The molecule has 0 spiro atoms. The van der Waals surface area contributed by atoms with Crippen molar-refractivity contribution in [3.63, 3.8) is 0 Å². The summed E-state index contributed by atoms with van der Waals surface area (Å²) in [5.41, 5.74) is 1.04. The molecule has 0 radical (unpaired) electrons. The molecule has 0 aliphatic rings. The molecule has 0 aromatic heterocycles. The zero-order chi connectivity index (χ0) is 14.8. The van der Waals surface area contributed by atoms with Crippen molar-refractivity contribution in [2.75, 3.05) is 6.54 Å². The molecular weight excluding hydrogens is 252 g/mol. The van der Waals surface area contributed by atoms with Gasteiger partial charge in [-0.25, -0.2) is 9.59 Å². The Kier molecular flexibility index (Phi) is 7.99. The lowest BCUT2D eigenvalue weighted by molar-refractivity contribution is -0.140. The highest BCUT2D eigenvalue weighted by Crippen LogP contribution is 2.01. The molecule has 0 aliphatic heterocycles. The molecule has 0 aromatic rings. The number of urea groups is 1. The van der Waals surface area contributed by atoms with Crippen molar-refractivity contribution in [2.45, 2.75) is 39.2 Å². The van der Waals surface area contributed by atoms with Crippen molar-refractivity contribution >= 4 is 18.0 Å². The lowest BCUT2D eigenvalue weighted by Gasteiger charge is -2.14. The summed E-state index contributed by atoms with van der Waals surface area (Å²) in [4.78, 5) is 32.6. The maximum absolute atomic E-state index is 11.4. The van der Waals surface area contributed by atoms with Gasteiger partial charge in [0.2, 0.25) is 0 Å². The fourth-order valence-corrected chi connectivity index (χ4v) is 1.27. The summed E-state index contributed by atoms with van der Waals surface area (Å²) < 4.78 is 0. The SMILES string of the molecule is CC(C)=CCNC(=O)N[C@H](CCCC(=O)O)C(=O)O. The molecule has 1 atom stereocenters. The van der Waals surface area contributed by atoms with Gasteiger partial charge in [0.05, 0.1) is 0 Å². The largest absolute Gasteiger partial charge is 0.481 e. The second-order valence-corrected chi connectivity index (χ2v) is 4.31. The summed E-state index contributed by atoms with van der Waals surface area (Å²) in [5.74, 6) is -2.17. The normalized spacial score (nSPS) is 11.3. The third-order valence-electron chi connectivity index (χ3n) is 2.26. The first kappa shape index (κ1) is 16.9. The first-order valence-corrected chi connectivity index (χ1v) is 5.95. The summed E-state index contributed by atoms with van der Waals surface area (Å²) in [5, 5.41) is 22.1. The Bertz CT molecular complexity index is 361. The number of rotatable bonds is 8. The highest BCUT2D eigenvalue weighted by molar-refractivity contribution is 5.82. The minimum Gasteiger partial charge on any atom is -0.481 e. The van der Waals surface area contributed by atoms with E-state index >= 15 is 0 Å². The molecule has 7 heteroatoms. The van der Waals surface area contributed by atoms with Crippen LogP contribution in [0.5, 0.6) is 0 Å². The maximum Gasteiger partial charge on any atom is 0.326 e. The van der Waals surface area contributed by atoms with Crippen LogP contribution in [0.15, 0.2) is 11.6 Å². The fraction of sp³-hybridized carbons (Fsp3) is 0.583. The molecule has 0 rings (SSSR count). The van der Waals surface area contributed by atoms with Crippen LogP contribution in [0.4, 0.5) is 4.79 Å². The second kappa shape index (κ2) is 8.96. The number of nitrogens with one attached hydrogen (secondary N) is 2. The third-order valence-corrected chi connectivity index (χ3v) is 2.26. The maximum atomic E-state index is 11.4. The Balaban J connectivity index is 4.12. The molecule has 0 fully saturated rings. The lowest BCUT2D eigenvalue weighted by Crippen LogP contribution is -2.46. The van der Waals surface area contributed by atoms with E-state index in [2.05, 4.69) is 10.6 Å². The van der Waals surface area contributed by atoms with Crippen LogP contribution in [0.3, 0.4) is 0 Å². The Morgan fingerprint density at radius 3 is 2.32 bits per heavy atom. The molecule has 0 saturated heterocycles. The highest BCUT2D eigenvalue weighted by atomic mass is 16.4. The minimum absolute atomic E-state index is 0.0810. The molecule has 2 amide bonds. The first-order valence-electron chi connectivity index (χ1n) is 5.95. The number of carbonyl (C=O) groups is 3. The summed E-state index contributed by atoms with van der Waals surface area (Å²) >= 11 is 0. The van der Waals surface area contributed by atoms with E-state index in [-0.39, 0.29) is 19.3 Å². The molecule has 0 unspecified atom stereocenters. The standard InChI is InChI=1S/C12H20N2O5/c1-8(2)6-7-13-12(19)14-9(11(17)18)4-3-5-10(15)16/h6,9H,3-5,7H2,1-2H3,(H,15,16)(H,17,18)(H2,13,14,19)/t9-/m1/s1. The summed E-state index contributed by atoms with van der Waals surface area (Å²) in [7, 11) is 0. The number of amides is 2. The van der Waals surface area contributed by atoms with E-state index in [0.717, 1.165) is 5.57 Å². The molecule has 0 saturated carbocycles. The van der Waals surface area contributed by atoms with Gasteiger partial charge >= 0.3 is 18.0 Å². The van der Waals surface area contributed by atoms with Gasteiger partial charge in [-0.15, -0.1) is 0 Å². The topological polar surface area (TPSA) is 116 Å². The fourth-order valence-electron chi connectivity index (χ4n) is 1.27. The van der Waals surface area contributed by atoms with Crippen molar-refractivity contribution < 1.29 is 24.6 Å². The van der Waals surface area contributed by atoms with Gasteiger partial charge in [0.25, 0.3) is 0 Å². The average Bonchev–Trinajstić information content (AvgIpc) is 2.26. The van der Waals surface area contributed by atoms with Gasteiger partial charge in [-0.1, -0.05) is 11.6 Å². The van der Waals surface area contributed by atoms with Crippen LogP contribution < -0.4 is 10.6 Å². The van der Waals surface area contributed by atoms with E-state index in [4.69, 9.17) is 10.2 Å². The molecule has 0 aliphatic carbocycles. The van der Waals surface area contributed by atoms with Gasteiger partial charge in [0.1, 0.15) is 6.04 Å². The van der Waals surface area contributed by atoms with Crippen LogP contribution in [0, 0.1) is 0 Å². The zero-order valence-corrected chi connectivity index (χ0v) is 11.1. The van der Waals surface area contributed by atoms with Gasteiger partial charge in [-0.05, 0) is 26.7 Å². The van der Waals surface area contributed by atoms with E-state index in [1.165, 1.54) is 0 Å². The molecular formula is C12H20N2O5. The first-order chi connectivity index (χ1) is 8.82. The van der Waals surface area contributed by atoms with Crippen molar-refractivity contribution in [1.29, 1.82) is 0 Å². The van der Waals surface area contributed by atoms with Crippen LogP contribution in [-0.4, -0.2) is 40.8 Å². The average molecular weight is 272 g/mol. The number of aliphatic carboxylic acids is 2. The lowest BCUT2D eigenvalue weighted by atomic mass is 10.1. The van der Waals surface area contributed by atoms with Crippen LogP contribution in [0.2, 0.25) is 0 Å². The molecule has 4 N–H and O–H groups in total. The van der Waals surface area contributed by atoms with E-state index in [1.807, 2.05) is 13.8 Å². The van der Waals surface area contributed by atoms with Crippen LogP contribution >= 0.6 is 0 Å². The van der Waals surface area contributed by atoms with E-state index in [0.29, 0.717) is 6.54 Å². The molecule has 108 valence electrons. The Morgan fingerprint density at radius 2 is 1.84 bits per heavy atom. The van der Waals surface area contributed by atoms with Gasteiger partial charge in [0, 0.05) is 13.0 Å². The molecule has 0 aromatic carbocycles. The van der Waals surface area contributed by atoms with Gasteiger partial charge in [-0.3, -0.25) is 4.79 Å². The molecule has 19 heavy (non-hydrogen) atoms.